The third-order valence-corrected chi connectivity index (χ3v) is 3.10. The maximum absolute atomic E-state index is 12.1. The van der Waals surface area contributed by atoms with Crippen LogP contribution in [0.25, 0.3) is 0 Å². The second-order valence-corrected chi connectivity index (χ2v) is 5.19. The lowest BCUT2D eigenvalue weighted by Gasteiger charge is -2.06. The number of hydrogen-bond acceptors (Lipinski definition) is 3. The van der Waals surface area contributed by atoms with E-state index in [1.807, 2.05) is 13.0 Å². The Kier molecular flexibility index (Phi) is 4.14. The van der Waals surface area contributed by atoms with Gasteiger partial charge in [0.15, 0.2) is 0 Å². The molecule has 102 valence electrons. The predicted molar refractivity (Wildman–Crippen MR) is 79.9 cm³/mol. The van der Waals surface area contributed by atoms with Crippen LogP contribution in [0.4, 0.5) is 11.4 Å². The number of halogens is 1. The number of carbonyl (C=O) groups is 1. The Labute approximate surface area is 123 Å². The third-order valence-electron chi connectivity index (χ3n) is 2.64. The Morgan fingerprint density at radius 2 is 1.85 bits per heavy atom. The number of anilines is 1. The summed E-state index contributed by atoms with van der Waals surface area (Å²) in [7, 11) is 0. The zero-order valence-corrected chi connectivity index (χ0v) is 12.2. The molecule has 1 N–H and O–H groups in total. The van der Waals surface area contributed by atoms with E-state index in [-0.39, 0.29) is 11.6 Å². The van der Waals surface area contributed by atoms with Gasteiger partial charge in [-0.2, -0.15) is 0 Å². The number of rotatable bonds is 3. The minimum atomic E-state index is -0.483. The van der Waals surface area contributed by atoms with Crippen LogP contribution in [0.2, 0.25) is 0 Å². The van der Waals surface area contributed by atoms with Gasteiger partial charge >= 0.3 is 0 Å². The van der Waals surface area contributed by atoms with Crippen LogP contribution in [0.15, 0.2) is 46.9 Å². The van der Waals surface area contributed by atoms with Gasteiger partial charge in [-0.15, -0.1) is 0 Å². The average Bonchev–Trinajstić information content (AvgIpc) is 2.38. The molecule has 0 bridgehead atoms. The van der Waals surface area contributed by atoms with Crippen molar-refractivity contribution in [3.63, 3.8) is 0 Å². The van der Waals surface area contributed by atoms with Crippen molar-refractivity contribution < 1.29 is 9.72 Å². The lowest BCUT2D eigenvalue weighted by molar-refractivity contribution is -0.384. The largest absolute Gasteiger partial charge is 0.322 e. The van der Waals surface area contributed by atoms with E-state index in [2.05, 4.69) is 21.2 Å². The topological polar surface area (TPSA) is 72.2 Å². The SMILES string of the molecule is Cc1cc(Br)cc(C(=O)Nc2ccc([N+](=O)[O-])cc2)c1. The van der Waals surface area contributed by atoms with Crippen LogP contribution < -0.4 is 5.32 Å². The number of aryl methyl sites for hydroxylation is 1. The Balaban J connectivity index is 2.16. The van der Waals surface area contributed by atoms with Crippen molar-refractivity contribution in [2.45, 2.75) is 6.92 Å². The summed E-state index contributed by atoms with van der Waals surface area (Å²) in [6.07, 6.45) is 0. The minimum Gasteiger partial charge on any atom is -0.322 e. The lowest BCUT2D eigenvalue weighted by Crippen LogP contribution is -2.12. The summed E-state index contributed by atoms with van der Waals surface area (Å²) in [5.74, 6) is -0.261. The van der Waals surface area contributed by atoms with E-state index in [0.717, 1.165) is 10.0 Å². The molecule has 0 unspecified atom stereocenters. The first-order valence-corrected chi connectivity index (χ1v) is 6.58. The van der Waals surface area contributed by atoms with Crippen molar-refractivity contribution >= 4 is 33.2 Å². The molecule has 0 aliphatic rings. The number of non-ortho nitro benzene ring substituents is 1. The fourth-order valence-electron chi connectivity index (χ4n) is 1.74. The fourth-order valence-corrected chi connectivity index (χ4v) is 2.34. The molecule has 20 heavy (non-hydrogen) atoms. The van der Waals surface area contributed by atoms with Crippen molar-refractivity contribution in [1.82, 2.24) is 0 Å². The smallest absolute Gasteiger partial charge is 0.269 e. The van der Waals surface area contributed by atoms with E-state index < -0.39 is 4.92 Å². The van der Waals surface area contributed by atoms with Gasteiger partial charge < -0.3 is 5.32 Å². The number of hydrogen-bond donors (Lipinski definition) is 1. The maximum atomic E-state index is 12.1. The standard InChI is InChI=1S/C14H11BrN2O3/c1-9-6-10(8-11(15)7-9)14(18)16-12-2-4-13(5-3-12)17(19)20/h2-8H,1H3,(H,16,18). The van der Waals surface area contributed by atoms with Crippen molar-refractivity contribution in [1.29, 1.82) is 0 Å². The van der Waals surface area contributed by atoms with Gasteiger partial charge in [0.05, 0.1) is 4.92 Å². The van der Waals surface area contributed by atoms with Crippen LogP contribution in [-0.2, 0) is 0 Å². The highest BCUT2D eigenvalue weighted by Gasteiger charge is 2.09. The molecule has 0 aliphatic carbocycles. The van der Waals surface area contributed by atoms with E-state index in [4.69, 9.17) is 0 Å². The van der Waals surface area contributed by atoms with E-state index >= 15 is 0 Å². The van der Waals surface area contributed by atoms with Gasteiger partial charge in [-0.25, -0.2) is 0 Å². The number of amides is 1. The minimum absolute atomic E-state index is 0.0127. The molecule has 0 aliphatic heterocycles. The van der Waals surface area contributed by atoms with E-state index in [9.17, 15) is 14.9 Å². The van der Waals surface area contributed by atoms with Gasteiger partial charge in [0.2, 0.25) is 0 Å². The molecule has 0 heterocycles. The first kappa shape index (κ1) is 14.2. The van der Waals surface area contributed by atoms with Crippen LogP contribution in [-0.4, -0.2) is 10.8 Å². The molecule has 1 amide bonds. The van der Waals surface area contributed by atoms with Crippen LogP contribution in [0.5, 0.6) is 0 Å². The van der Waals surface area contributed by atoms with Gasteiger partial charge in [0, 0.05) is 27.9 Å². The molecule has 6 heteroatoms. The van der Waals surface area contributed by atoms with Gasteiger partial charge in [0.1, 0.15) is 0 Å². The first-order chi connectivity index (χ1) is 9.45. The number of carbonyl (C=O) groups excluding carboxylic acids is 1. The summed E-state index contributed by atoms with van der Waals surface area (Å²) in [6.45, 7) is 1.90. The quantitative estimate of drug-likeness (QED) is 0.683. The molecule has 5 nitrogen and oxygen atoms in total. The molecular formula is C14H11BrN2O3. The van der Waals surface area contributed by atoms with E-state index in [0.29, 0.717) is 11.3 Å². The summed E-state index contributed by atoms with van der Waals surface area (Å²) in [6, 6.07) is 11.1. The van der Waals surface area contributed by atoms with Gasteiger partial charge in [-0.05, 0) is 42.8 Å². The van der Waals surface area contributed by atoms with Crippen LogP contribution in [0, 0.1) is 17.0 Å². The molecule has 2 rings (SSSR count). The van der Waals surface area contributed by atoms with Gasteiger partial charge in [-0.1, -0.05) is 15.9 Å². The summed E-state index contributed by atoms with van der Waals surface area (Å²) in [5.41, 5.74) is 1.99. The molecule has 0 fully saturated rings. The highest BCUT2D eigenvalue weighted by molar-refractivity contribution is 9.10. The number of nitrogens with zero attached hydrogens (tertiary/aromatic N) is 1. The van der Waals surface area contributed by atoms with Crippen LogP contribution in [0.3, 0.4) is 0 Å². The Hall–Kier alpha value is -2.21. The van der Waals surface area contributed by atoms with Crippen LogP contribution >= 0.6 is 15.9 Å². The molecular weight excluding hydrogens is 324 g/mol. The number of nitro benzene ring substituents is 1. The monoisotopic (exact) mass is 334 g/mol. The molecule has 2 aromatic rings. The molecule has 0 saturated carbocycles. The number of benzene rings is 2. The van der Waals surface area contributed by atoms with E-state index in [1.54, 1.807) is 12.1 Å². The van der Waals surface area contributed by atoms with Crippen molar-refractivity contribution in [2.75, 3.05) is 5.32 Å². The van der Waals surface area contributed by atoms with Gasteiger partial charge in [0.25, 0.3) is 11.6 Å². The number of nitro groups is 1. The highest BCUT2D eigenvalue weighted by atomic mass is 79.9. The summed E-state index contributed by atoms with van der Waals surface area (Å²) in [4.78, 5) is 22.1. The Bertz CT molecular complexity index is 648. The van der Waals surface area contributed by atoms with Crippen LogP contribution in [0.1, 0.15) is 15.9 Å². The maximum Gasteiger partial charge on any atom is 0.269 e. The van der Waals surface area contributed by atoms with Crippen molar-refractivity contribution in [3.05, 3.63) is 68.2 Å². The van der Waals surface area contributed by atoms with Crippen molar-refractivity contribution in [3.8, 4) is 0 Å². The average molecular weight is 335 g/mol. The molecule has 2 aromatic carbocycles. The zero-order chi connectivity index (χ0) is 14.7. The summed E-state index contributed by atoms with van der Waals surface area (Å²) < 4.78 is 0.825. The Morgan fingerprint density at radius 1 is 1.20 bits per heavy atom. The second-order valence-electron chi connectivity index (χ2n) is 4.28. The predicted octanol–water partition coefficient (Wildman–Crippen LogP) is 3.92. The zero-order valence-electron chi connectivity index (χ0n) is 10.6. The Morgan fingerprint density at radius 3 is 2.40 bits per heavy atom. The normalized spacial score (nSPS) is 10.1. The molecule has 0 aromatic heterocycles. The molecule has 0 atom stereocenters. The van der Waals surface area contributed by atoms with Crippen molar-refractivity contribution in [2.24, 2.45) is 0 Å². The lowest BCUT2D eigenvalue weighted by atomic mass is 10.1. The van der Waals surface area contributed by atoms with E-state index in [1.165, 1.54) is 24.3 Å². The first-order valence-electron chi connectivity index (χ1n) is 5.79. The van der Waals surface area contributed by atoms with Gasteiger partial charge in [-0.3, -0.25) is 14.9 Å². The summed E-state index contributed by atoms with van der Waals surface area (Å²) in [5, 5.41) is 13.2. The summed E-state index contributed by atoms with van der Waals surface area (Å²) >= 11 is 3.34. The highest BCUT2D eigenvalue weighted by Crippen LogP contribution is 2.18. The second kappa shape index (κ2) is 5.83. The fraction of sp³-hybridized carbons (Fsp3) is 0.0714. The molecule has 0 spiro atoms. The molecule has 0 radical (unpaired) electrons. The number of nitrogens with one attached hydrogen (secondary N) is 1. The third kappa shape index (κ3) is 3.42. The molecule has 0 saturated heterocycles.